The molecule has 2 N–H and O–H groups in total. The summed E-state index contributed by atoms with van der Waals surface area (Å²) < 4.78 is 11.6. The maximum absolute atomic E-state index is 11.9. The molecule has 0 aliphatic carbocycles. The second-order valence-electron chi connectivity index (χ2n) is 4.36. The van der Waals surface area contributed by atoms with Crippen molar-refractivity contribution in [1.82, 2.24) is 4.57 Å². The van der Waals surface area contributed by atoms with Crippen LogP contribution in [0.5, 0.6) is 5.75 Å². The van der Waals surface area contributed by atoms with Crippen LogP contribution in [0.3, 0.4) is 0 Å². The molecule has 0 saturated heterocycles. The number of anilines is 1. The Kier molecular flexibility index (Phi) is 4.61. The minimum atomic E-state index is -0.510. The van der Waals surface area contributed by atoms with Gasteiger partial charge in [0.25, 0.3) is 5.56 Å². The van der Waals surface area contributed by atoms with Gasteiger partial charge in [-0.2, -0.15) is 0 Å². The molecule has 6 heteroatoms. The minimum Gasteiger partial charge on any atom is -0.497 e. The van der Waals surface area contributed by atoms with Gasteiger partial charge < -0.3 is 19.8 Å². The van der Waals surface area contributed by atoms with Gasteiger partial charge in [0.05, 0.1) is 19.2 Å². The van der Waals surface area contributed by atoms with E-state index in [4.69, 9.17) is 15.2 Å². The molecule has 0 aliphatic heterocycles. The van der Waals surface area contributed by atoms with E-state index in [-0.39, 0.29) is 12.2 Å². The van der Waals surface area contributed by atoms with E-state index in [9.17, 15) is 9.59 Å². The van der Waals surface area contributed by atoms with Crippen molar-refractivity contribution in [2.45, 2.75) is 6.54 Å². The first kappa shape index (κ1) is 14.6. The van der Waals surface area contributed by atoms with Gasteiger partial charge in [-0.15, -0.1) is 0 Å². The highest BCUT2D eigenvalue weighted by Crippen LogP contribution is 2.19. The van der Waals surface area contributed by atoms with E-state index in [0.717, 1.165) is 0 Å². The number of pyridine rings is 1. The number of carbonyl (C=O) groups excluding carboxylic acids is 1. The van der Waals surface area contributed by atoms with Gasteiger partial charge in [-0.1, -0.05) is 6.07 Å². The van der Waals surface area contributed by atoms with E-state index < -0.39 is 5.97 Å². The third-order valence-electron chi connectivity index (χ3n) is 2.86. The van der Waals surface area contributed by atoms with Crippen LogP contribution >= 0.6 is 0 Å². The Morgan fingerprint density at radius 1 is 1.29 bits per heavy atom. The first-order chi connectivity index (χ1) is 10.1. The second-order valence-corrected chi connectivity index (χ2v) is 4.36. The average molecular weight is 288 g/mol. The van der Waals surface area contributed by atoms with E-state index in [2.05, 4.69) is 0 Å². The number of carbonyl (C=O) groups is 1. The summed E-state index contributed by atoms with van der Waals surface area (Å²) in [6.45, 7) is 0.394. The monoisotopic (exact) mass is 288 g/mol. The molecule has 2 rings (SSSR count). The molecule has 0 amide bonds. The van der Waals surface area contributed by atoms with Crippen molar-refractivity contribution in [2.75, 3.05) is 19.5 Å². The number of nitrogen functional groups attached to an aromatic ring is 1. The predicted octanol–water partition coefficient (Wildman–Crippen LogP) is 1.30. The number of hydrogen-bond donors (Lipinski definition) is 1. The molecule has 0 bridgehead atoms. The van der Waals surface area contributed by atoms with E-state index in [0.29, 0.717) is 23.5 Å². The van der Waals surface area contributed by atoms with Crippen LogP contribution in [0.4, 0.5) is 5.69 Å². The largest absolute Gasteiger partial charge is 0.497 e. The fourth-order valence-electron chi connectivity index (χ4n) is 1.82. The Morgan fingerprint density at radius 2 is 2.10 bits per heavy atom. The van der Waals surface area contributed by atoms with Gasteiger partial charge in [0.1, 0.15) is 12.4 Å². The maximum atomic E-state index is 11.9. The molecule has 0 fully saturated rings. The molecule has 0 aliphatic rings. The lowest BCUT2D eigenvalue weighted by molar-refractivity contribution is 0.0490. The van der Waals surface area contributed by atoms with Gasteiger partial charge in [0.2, 0.25) is 0 Å². The number of methoxy groups -OCH3 is 1. The van der Waals surface area contributed by atoms with E-state index in [1.165, 1.54) is 23.8 Å². The molecule has 1 heterocycles. The van der Waals surface area contributed by atoms with Crippen molar-refractivity contribution in [3.63, 3.8) is 0 Å². The van der Waals surface area contributed by atoms with E-state index in [1.807, 2.05) is 0 Å². The van der Waals surface area contributed by atoms with Crippen LogP contribution in [-0.4, -0.2) is 24.3 Å². The van der Waals surface area contributed by atoms with Gasteiger partial charge in [-0.05, 0) is 18.2 Å². The lowest BCUT2D eigenvalue weighted by Crippen LogP contribution is -2.21. The zero-order chi connectivity index (χ0) is 15.2. The molecule has 21 heavy (non-hydrogen) atoms. The van der Waals surface area contributed by atoms with Gasteiger partial charge in [-0.3, -0.25) is 4.79 Å². The average Bonchev–Trinajstić information content (AvgIpc) is 2.48. The molecule has 110 valence electrons. The van der Waals surface area contributed by atoms with Crippen LogP contribution in [-0.2, 0) is 11.3 Å². The zero-order valence-corrected chi connectivity index (χ0v) is 11.6. The minimum absolute atomic E-state index is 0.0971. The molecule has 0 saturated carbocycles. The van der Waals surface area contributed by atoms with Crippen LogP contribution in [0.25, 0.3) is 0 Å². The molecule has 0 radical (unpaired) electrons. The zero-order valence-electron chi connectivity index (χ0n) is 11.6. The topological polar surface area (TPSA) is 83.5 Å². The van der Waals surface area contributed by atoms with Crippen LogP contribution < -0.4 is 16.0 Å². The van der Waals surface area contributed by atoms with Crippen molar-refractivity contribution in [3.05, 3.63) is 58.5 Å². The molecular formula is C15H16N2O4. The lowest BCUT2D eigenvalue weighted by Gasteiger charge is -2.08. The SMILES string of the molecule is COc1cc(N)cc(C(=O)OCCn2ccccc2=O)c1. The standard InChI is InChI=1S/C15H16N2O4/c1-20-13-9-11(8-12(16)10-13)15(19)21-7-6-17-5-3-2-4-14(17)18/h2-5,8-10H,6-7,16H2,1H3. The molecule has 2 aromatic rings. The number of esters is 1. The number of benzene rings is 1. The predicted molar refractivity (Wildman–Crippen MR) is 78.4 cm³/mol. The Bertz CT molecular complexity index is 694. The molecule has 0 atom stereocenters. The van der Waals surface area contributed by atoms with Crippen molar-refractivity contribution < 1.29 is 14.3 Å². The molecular weight excluding hydrogens is 272 g/mol. The molecule has 0 spiro atoms. The van der Waals surface area contributed by atoms with E-state index >= 15 is 0 Å². The Labute approximate surface area is 121 Å². The third-order valence-corrected chi connectivity index (χ3v) is 2.86. The highest BCUT2D eigenvalue weighted by Gasteiger charge is 2.10. The number of nitrogens with zero attached hydrogens (tertiary/aromatic N) is 1. The number of nitrogens with two attached hydrogens (primary N) is 1. The summed E-state index contributed by atoms with van der Waals surface area (Å²) in [4.78, 5) is 23.4. The molecule has 1 aromatic heterocycles. The van der Waals surface area contributed by atoms with Gasteiger partial charge in [0.15, 0.2) is 0 Å². The van der Waals surface area contributed by atoms with Crippen LogP contribution in [0.15, 0.2) is 47.4 Å². The number of aromatic nitrogens is 1. The van der Waals surface area contributed by atoms with Crippen molar-refractivity contribution >= 4 is 11.7 Å². The summed E-state index contributed by atoms with van der Waals surface area (Å²) in [6.07, 6.45) is 1.64. The maximum Gasteiger partial charge on any atom is 0.338 e. The third kappa shape index (κ3) is 3.85. The van der Waals surface area contributed by atoms with Gasteiger partial charge in [0, 0.05) is 24.0 Å². The first-order valence-electron chi connectivity index (χ1n) is 6.37. The number of rotatable bonds is 5. The van der Waals surface area contributed by atoms with Gasteiger partial charge >= 0.3 is 5.97 Å². The Morgan fingerprint density at radius 3 is 2.81 bits per heavy atom. The van der Waals surface area contributed by atoms with Crippen molar-refractivity contribution in [1.29, 1.82) is 0 Å². The fraction of sp³-hybridized carbons (Fsp3) is 0.200. The molecule has 0 unspecified atom stereocenters. The quantitative estimate of drug-likeness (QED) is 0.662. The fourth-order valence-corrected chi connectivity index (χ4v) is 1.82. The molecule has 1 aromatic carbocycles. The second kappa shape index (κ2) is 6.60. The van der Waals surface area contributed by atoms with Crippen molar-refractivity contribution in [2.24, 2.45) is 0 Å². The first-order valence-corrected chi connectivity index (χ1v) is 6.37. The van der Waals surface area contributed by atoms with Crippen LogP contribution in [0.1, 0.15) is 10.4 Å². The summed E-state index contributed by atoms with van der Waals surface area (Å²) in [6, 6.07) is 9.52. The summed E-state index contributed by atoms with van der Waals surface area (Å²) in [7, 11) is 1.49. The normalized spacial score (nSPS) is 10.1. The van der Waals surface area contributed by atoms with Crippen LogP contribution in [0, 0.1) is 0 Å². The van der Waals surface area contributed by atoms with Crippen molar-refractivity contribution in [3.8, 4) is 5.75 Å². The lowest BCUT2D eigenvalue weighted by atomic mass is 10.2. The Hall–Kier alpha value is -2.76. The number of ether oxygens (including phenoxy) is 2. The highest BCUT2D eigenvalue weighted by molar-refractivity contribution is 5.91. The molecule has 6 nitrogen and oxygen atoms in total. The summed E-state index contributed by atoms with van der Waals surface area (Å²) in [5.74, 6) is -0.0224. The number of hydrogen-bond acceptors (Lipinski definition) is 5. The summed E-state index contributed by atoms with van der Waals surface area (Å²) in [5, 5.41) is 0. The Balaban J connectivity index is 1.98. The summed E-state index contributed by atoms with van der Waals surface area (Å²) in [5.41, 5.74) is 6.27. The van der Waals surface area contributed by atoms with Gasteiger partial charge in [-0.25, -0.2) is 4.79 Å². The van der Waals surface area contributed by atoms with Crippen LogP contribution in [0.2, 0.25) is 0 Å². The summed E-state index contributed by atoms with van der Waals surface area (Å²) >= 11 is 0. The highest BCUT2D eigenvalue weighted by atomic mass is 16.5. The van der Waals surface area contributed by atoms with E-state index in [1.54, 1.807) is 30.5 Å². The smallest absolute Gasteiger partial charge is 0.338 e.